The summed E-state index contributed by atoms with van der Waals surface area (Å²) in [7, 11) is 0. The summed E-state index contributed by atoms with van der Waals surface area (Å²) < 4.78 is 81.3. The Morgan fingerprint density at radius 2 is 1.59 bits per heavy atom. The zero-order valence-electron chi connectivity index (χ0n) is 18.2. The number of benzene rings is 2. The fourth-order valence-electron chi connectivity index (χ4n) is 3.55. The van der Waals surface area contributed by atoms with Gasteiger partial charge >= 0.3 is 12.4 Å². The van der Waals surface area contributed by atoms with Crippen LogP contribution in [0, 0.1) is 6.92 Å². The number of amides is 1. The largest absolute Gasteiger partial charge is 0.416 e. The van der Waals surface area contributed by atoms with Gasteiger partial charge in [-0.05, 0) is 48.4 Å². The first-order chi connectivity index (χ1) is 15.9. The van der Waals surface area contributed by atoms with Gasteiger partial charge in [0.1, 0.15) is 0 Å². The van der Waals surface area contributed by atoms with Crippen LogP contribution in [0.25, 0.3) is 0 Å². The Bertz CT molecular complexity index is 1140. The van der Waals surface area contributed by atoms with Crippen LogP contribution in [0.15, 0.2) is 73.4 Å². The number of hydrogen-bond donors (Lipinski definition) is 0. The summed E-state index contributed by atoms with van der Waals surface area (Å²) in [4.78, 5) is 14.2. The van der Waals surface area contributed by atoms with E-state index in [1.54, 1.807) is 18.3 Å². The minimum atomic E-state index is -5.04. The Balaban J connectivity index is 1.94. The van der Waals surface area contributed by atoms with Gasteiger partial charge in [0.15, 0.2) is 0 Å². The summed E-state index contributed by atoms with van der Waals surface area (Å²) >= 11 is 0. The number of aryl methyl sites for hydroxylation is 1. The average Bonchev–Trinajstić information content (AvgIpc) is 3.19. The third kappa shape index (κ3) is 5.89. The van der Waals surface area contributed by atoms with Crippen molar-refractivity contribution in [1.82, 2.24) is 9.47 Å². The minimum absolute atomic E-state index is 0.00195. The molecule has 0 N–H and O–H groups in total. The van der Waals surface area contributed by atoms with Crippen molar-refractivity contribution in [1.29, 1.82) is 0 Å². The van der Waals surface area contributed by atoms with Crippen LogP contribution in [-0.4, -0.2) is 21.9 Å². The van der Waals surface area contributed by atoms with Gasteiger partial charge in [0, 0.05) is 30.5 Å². The molecule has 1 heterocycles. The molecule has 0 aliphatic heterocycles. The molecule has 0 saturated carbocycles. The minimum Gasteiger partial charge on any atom is -0.345 e. The fourth-order valence-corrected chi connectivity index (χ4v) is 3.55. The van der Waals surface area contributed by atoms with Crippen molar-refractivity contribution in [3.05, 3.63) is 107 Å². The van der Waals surface area contributed by atoms with E-state index in [2.05, 4.69) is 6.58 Å². The lowest BCUT2D eigenvalue weighted by molar-refractivity contribution is -0.143. The first-order valence-electron chi connectivity index (χ1n) is 10.3. The molecule has 3 rings (SSSR count). The second-order valence-electron chi connectivity index (χ2n) is 7.82. The van der Waals surface area contributed by atoms with E-state index in [9.17, 15) is 31.1 Å². The molecule has 0 fully saturated rings. The average molecular weight is 480 g/mol. The second-order valence-corrected chi connectivity index (χ2v) is 7.82. The summed E-state index contributed by atoms with van der Waals surface area (Å²) in [5, 5.41) is 0. The van der Waals surface area contributed by atoms with Crippen LogP contribution in [0.1, 0.15) is 38.3 Å². The molecule has 0 radical (unpaired) electrons. The van der Waals surface area contributed by atoms with Gasteiger partial charge in [-0.2, -0.15) is 26.3 Å². The summed E-state index contributed by atoms with van der Waals surface area (Å²) in [6, 6.07) is 12.1. The molecule has 3 aromatic rings. The van der Waals surface area contributed by atoms with Gasteiger partial charge < -0.3 is 9.47 Å². The number of rotatable bonds is 7. The van der Waals surface area contributed by atoms with Crippen molar-refractivity contribution >= 4 is 5.91 Å². The highest BCUT2D eigenvalue weighted by molar-refractivity contribution is 5.94. The molecule has 0 saturated heterocycles. The van der Waals surface area contributed by atoms with E-state index >= 15 is 0 Å². The van der Waals surface area contributed by atoms with Crippen LogP contribution >= 0.6 is 0 Å². The molecule has 9 heteroatoms. The molecule has 0 spiro atoms. The fraction of sp³-hybridized carbons (Fsp3) is 0.240. The predicted molar refractivity (Wildman–Crippen MR) is 116 cm³/mol. The first kappa shape index (κ1) is 25.1. The number of hydrogen-bond acceptors (Lipinski definition) is 1. The van der Waals surface area contributed by atoms with Crippen molar-refractivity contribution in [2.24, 2.45) is 0 Å². The summed E-state index contributed by atoms with van der Waals surface area (Å²) in [6.07, 6.45) is -6.92. The van der Waals surface area contributed by atoms with Crippen LogP contribution < -0.4 is 0 Å². The monoisotopic (exact) mass is 480 g/mol. The number of aromatic nitrogens is 1. The van der Waals surface area contributed by atoms with Gasteiger partial charge in [0.2, 0.25) is 0 Å². The highest BCUT2D eigenvalue weighted by atomic mass is 19.4. The molecule has 0 aliphatic carbocycles. The van der Waals surface area contributed by atoms with Crippen molar-refractivity contribution in [2.75, 3.05) is 6.54 Å². The van der Waals surface area contributed by atoms with Gasteiger partial charge in [-0.25, -0.2) is 0 Å². The maximum Gasteiger partial charge on any atom is 0.416 e. The standard InChI is InChI=1S/C25H22F6N2O/c1-3-10-33(16-22-9-6-11-32(22)15-18-8-5-4-7-17(18)2)23(34)19-12-20(24(26,27)28)14-21(13-19)25(29,30)31/h3-9,11-14H,1,10,15-16H2,2H3. The predicted octanol–water partition coefficient (Wildman–Crippen LogP) is 6.71. The molecule has 0 bridgehead atoms. The first-order valence-corrected chi connectivity index (χ1v) is 10.3. The maximum atomic E-state index is 13.2. The van der Waals surface area contributed by atoms with Crippen molar-refractivity contribution in [2.45, 2.75) is 32.4 Å². The summed E-state index contributed by atoms with van der Waals surface area (Å²) in [5.41, 5.74) is -0.999. The third-order valence-electron chi connectivity index (χ3n) is 5.35. The highest BCUT2D eigenvalue weighted by Gasteiger charge is 2.38. The highest BCUT2D eigenvalue weighted by Crippen LogP contribution is 2.36. The SMILES string of the molecule is C=CCN(Cc1cccn1Cc1ccccc1C)C(=O)c1cc(C(F)(F)F)cc(C(F)(F)F)c1. The molecular weight excluding hydrogens is 458 g/mol. The van der Waals surface area contributed by atoms with Crippen LogP contribution in [0.2, 0.25) is 0 Å². The normalized spacial score (nSPS) is 12.0. The van der Waals surface area contributed by atoms with Gasteiger partial charge in [0.25, 0.3) is 5.91 Å². The molecule has 3 nitrogen and oxygen atoms in total. The number of carbonyl (C=O) groups excluding carboxylic acids is 1. The van der Waals surface area contributed by atoms with Crippen molar-refractivity contribution in [3.63, 3.8) is 0 Å². The lowest BCUT2D eigenvalue weighted by Crippen LogP contribution is -2.32. The van der Waals surface area contributed by atoms with E-state index in [1.165, 1.54) is 6.08 Å². The van der Waals surface area contributed by atoms with E-state index < -0.39 is 35.0 Å². The van der Waals surface area contributed by atoms with E-state index in [0.29, 0.717) is 24.4 Å². The Hall–Kier alpha value is -3.49. The smallest absolute Gasteiger partial charge is 0.345 e. The molecule has 2 aromatic carbocycles. The van der Waals surface area contributed by atoms with Gasteiger partial charge in [-0.15, -0.1) is 6.58 Å². The van der Waals surface area contributed by atoms with E-state index in [1.807, 2.05) is 35.8 Å². The quantitative estimate of drug-likeness (QED) is 0.273. The Morgan fingerprint density at radius 3 is 2.15 bits per heavy atom. The van der Waals surface area contributed by atoms with Crippen LogP contribution in [0.3, 0.4) is 0 Å². The molecule has 0 aliphatic rings. The molecular formula is C25H22F6N2O. The van der Waals surface area contributed by atoms with Crippen molar-refractivity contribution < 1.29 is 31.1 Å². The molecule has 34 heavy (non-hydrogen) atoms. The number of nitrogens with zero attached hydrogens (tertiary/aromatic N) is 2. The lowest BCUT2D eigenvalue weighted by Gasteiger charge is -2.23. The van der Waals surface area contributed by atoms with Gasteiger partial charge in [0.05, 0.1) is 17.7 Å². The number of carbonyl (C=O) groups is 1. The van der Waals surface area contributed by atoms with Crippen LogP contribution in [0.5, 0.6) is 0 Å². The van der Waals surface area contributed by atoms with E-state index in [4.69, 9.17) is 0 Å². The molecule has 1 amide bonds. The molecule has 1 aromatic heterocycles. The zero-order valence-corrected chi connectivity index (χ0v) is 18.2. The lowest BCUT2D eigenvalue weighted by atomic mass is 10.0. The number of alkyl halides is 6. The summed E-state index contributed by atoms with van der Waals surface area (Å²) in [5.74, 6) is -0.958. The van der Waals surface area contributed by atoms with Crippen molar-refractivity contribution in [3.8, 4) is 0 Å². The Labute approximate surface area is 192 Å². The Morgan fingerprint density at radius 1 is 0.971 bits per heavy atom. The Kier molecular flexibility index (Phi) is 7.24. The van der Waals surface area contributed by atoms with E-state index in [-0.39, 0.29) is 19.2 Å². The topological polar surface area (TPSA) is 25.2 Å². The maximum absolute atomic E-state index is 13.2. The van der Waals surface area contributed by atoms with Gasteiger partial charge in [-0.3, -0.25) is 4.79 Å². The molecule has 0 unspecified atom stereocenters. The molecule has 0 atom stereocenters. The van der Waals surface area contributed by atoms with E-state index in [0.717, 1.165) is 16.0 Å². The zero-order chi connectivity index (χ0) is 25.1. The summed E-state index contributed by atoms with van der Waals surface area (Å²) in [6.45, 7) is 5.92. The van der Waals surface area contributed by atoms with Crippen LogP contribution in [0.4, 0.5) is 26.3 Å². The second kappa shape index (κ2) is 9.79. The number of halogens is 6. The van der Waals surface area contributed by atoms with Crippen LogP contribution in [-0.2, 0) is 25.4 Å². The third-order valence-corrected chi connectivity index (χ3v) is 5.35. The van der Waals surface area contributed by atoms with Gasteiger partial charge in [-0.1, -0.05) is 30.3 Å². The molecule has 180 valence electrons.